The Morgan fingerprint density at radius 2 is 1.84 bits per heavy atom. The molecule has 0 bridgehead atoms. The number of carbonyl (C=O) groups is 3. The highest BCUT2D eigenvalue weighted by atomic mass is 16.2. The fourth-order valence-electron chi connectivity index (χ4n) is 3.21. The summed E-state index contributed by atoms with van der Waals surface area (Å²) in [5.41, 5.74) is -0.424. The van der Waals surface area contributed by atoms with Gasteiger partial charge in [0.1, 0.15) is 5.92 Å². The topological polar surface area (TPSA) is 66.5 Å². The van der Waals surface area contributed by atoms with Crippen LogP contribution in [0.3, 0.4) is 0 Å². The van der Waals surface area contributed by atoms with Gasteiger partial charge in [0.2, 0.25) is 11.8 Å². The third kappa shape index (κ3) is 2.51. The van der Waals surface area contributed by atoms with Crippen molar-refractivity contribution < 1.29 is 14.4 Å². The summed E-state index contributed by atoms with van der Waals surface area (Å²) < 4.78 is 0. The molecule has 1 saturated heterocycles. The molecular formula is C14H22N2O3. The summed E-state index contributed by atoms with van der Waals surface area (Å²) in [6, 6.07) is -0.535. The average molecular weight is 266 g/mol. The summed E-state index contributed by atoms with van der Waals surface area (Å²) in [5, 5.41) is 2.34. The van der Waals surface area contributed by atoms with Gasteiger partial charge in [-0.05, 0) is 26.2 Å². The van der Waals surface area contributed by atoms with Crippen molar-refractivity contribution in [1.82, 2.24) is 10.2 Å². The van der Waals surface area contributed by atoms with Gasteiger partial charge in [0.15, 0.2) is 0 Å². The lowest BCUT2D eigenvalue weighted by Gasteiger charge is -2.45. The third-order valence-corrected chi connectivity index (χ3v) is 4.32. The zero-order valence-corrected chi connectivity index (χ0v) is 11.7. The number of carbonyl (C=O) groups excluding carboxylic acids is 3. The molecule has 1 N–H and O–H groups in total. The molecule has 5 nitrogen and oxygen atoms in total. The van der Waals surface area contributed by atoms with Crippen LogP contribution >= 0.6 is 0 Å². The quantitative estimate of drug-likeness (QED) is 0.796. The Morgan fingerprint density at radius 1 is 1.21 bits per heavy atom. The maximum Gasteiger partial charge on any atom is 0.331 e. The van der Waals surface area contributed by atoms with E-state index in [0.717, 1.165) is 38.5 Å². The first kappa shape index (κ1) is 14.0. The summed E-state index contributed by atoms with van der Waals surface area (Å²) in [4.78, 5) is 37.6. The van der Waals surface area contributed by atoms with E-state index in [0.29, 0.717) is 6.42 Å². The molecule has 1 saturated carbocycles. The third-order valence-electron chi connectivity index (χ3n) is 4.32. The number of amides is 4. The number of nitrogens with one attached hydrogen (secondary N) is 1. The molecule has 19 heavy (non-hydrogen) atoms. The van der Waals surface area contributed by atoms with E-state index in [-0.39, 0.29) is 5.91 Å². The Morgan fingerprint density at radius 3 is 2.42 bits per heavy atom. The molecule has 1 atom stereocenters. The molecule has 0 radical (unpaired) electrons. The Labute approximate surface area is 113 Å². The second-order valence-electron chi connectivity index (χ2n) is 5.87. The molecule has 106 valence electrons. The summed E-state index contributed by atoms with van der Waals surface area (Å²) in [6.45, 7) is 3.89. The van der Waals surface area contributed by atoms with Crippen LogP contribution in [0.5, 0.6) is 0 Å². The fourth-order valence-corrected chi connectivity index (χ4v) is 3.21. The minimum Gasteiger partial charge on any atom is -0.277 e. The minimum atomic E-state index is -0.693. The second kappa shape index (κ2) is 5.31. The van der Waals surface area contributed by atoms with Gasteiger partial charge in [0.05, 0.1) is 0 Å². The van der Waals surface area contributed by atoms with E-state index in [9.17, 15) is 14.4 Å². The highest BCUT2D eigenvalue weighted by Gasteiger charge is 2.48. The van der Waals surface area contributed by atoms with Crippen LogP contribution in [0.1, 0.15) is 58.8 Å². The minimum absolute atomic E-state index is 0.306. The van der Waals surface area contributed by atoms with Crippen LogP contribution in [0, 0.1) is 5.92 Å². The first-order valence-electron chi connectivity index (χ1n) is 7.18. The van der Waals surface area contributed by atoms with Crippen LogP contribution in [0.4, 0.5) is 4.79 Å². The van der Waals surface area contributed by atoms with Gasteiger partial charge in [-0.2, -0.15) is 0 Å². The molecule has 2 rings (SSSR count). The summed E-state index contributed by atoms with van der Waals surface area (Å²) in [5.74, 6) is -1.44. The molecular weight excluding hydrogens is 244 g/mol. The van der Waals surface area contributed by atoms with Crippen molar-refractivity contribution in [2.45, 2.75) is 64.3 Å². The van der Waals surface area contributed by atoms with E-state index in [1.54, 1.807) is 0 Å². The lowest BCUT2D eigenvalue weighted by atomic mass is 9.80. The van der Waals surface area contributed by atoms with Gasteiger partial charge in [-0.25, -0.2) is 4.79 Å². The normalized spacial score (nSPS) is 27.4. The molecule has 1 unspecified atom stereocenters. The number of nitrogens with zero attached hydrogens (tertiary/aromatic N) is 1. The van der Waals surface area contributed by atoms with Crippen molar-refractivity contribution >= 4 is 17.8 Å². The van der Waals surface area contributed by atoms with Gasteiger partial charge in [-0.15, -0.1) is 0 Å². The summed E-state index contributed by atoms with van der Waals surface area (Å²) in [6.07, 6.45) is 6.13. The van der Waals surface area contributed by atoms with Crippen molar-refractivity contribution in [3.8, 4) is 0 Å². The van der Waals surface area contributed by atoms with Crippen LogP contribution < -0.4 is 5.32 Å². The fraction of sp³-hybridized carbons (Fsp3) is 0.786. The number of rotatable bonds is 3. The number of hydrogen-bond acceptors (Lipinski definition) is 3. The highest BCUT2D eigenvalue weighted by molar-refractivity contribution is 6.16. The van der Waals surface area contributed by atoms with Crippen molar-refractivity contribution in [1.29, 1.82) is 0 Å². The van der Waals surface area contributed by atoms with Crippen LogP contribution in [0.15, 0.2) is 0 Å². The Kier molecular flexibility index (Phi) is 3.92. The zero-order valence-electron chi connectivity index (χ0n) is 11.7. The summed E-state index contributed by atoms with van der Waals surface area (Å²) >= 11 is 0. The van der Waals surface area contributed by atoms with Gasteiger partial charge in [-0.1, -0.05) is 32.6 Å². The molecule has 5 heteroatoms. The van der Waals surface area contributed by atoms with Crippen molar-refractivity contribution in [2.75, 3.05) is 0 Å². The van der Waals surface area contributed by atoms with Crippen LogP contribution in [-0.4, -0.2) is 28.3 Å². The Hall–Kier alpha value is -1.39. The molecule has 4 amide bonds. The highest BCUT2D eigenvalue weighted by Crippen LogP contribution is 2.35. The SMILES string of the molecule is CCCC1C(=O)NC(=O)N(C2(C)CCCCC2)C1=O. The van der Waals surface area contributed by atoms with Crippen molar-refractivity contribution in [3.05, 3.63) is 0 Å². The monoisotopic (exact) mass is 266 g/mol. The molecule has 2 fully saturated rings. The number of hydrogen-bond donors (Lipinski definition) is 1. The van der Waals surface area contributed by atoms with Gasteiger partial charge < -0.3 is 0 Å². The van der Waals surface area contributed by atoms with Crippen LogP contribution in [0.25, 0.3) is 0 Å². The van der Waals surface area contributed by atoms with Crippen LogP contribution in [0.2, 0.25) is 0 Å². The molecule has 1 heterocycles. The predicted molar refractivity (Wildman–Crippen MR) is 70.3 cm³/mol. The van der Waals surface area contributed by atoms with E-state index in [1.807, 2.05) is 13.8 Å². The molecule has 2 aliphatic rings. The van der Waals surface area contributed by atoms with Crippen molar-refractivity contribution in [3.63, 3.8) is 0 Å². The van der Waals surface area contributed by atoms with Crippen LogP contribution in [-0.2, 0) is 9.59 Å². The molecule has 0 aromatic carbocycles. The lowest BCUT2D eigenvalue weighted by Crippen LogP contribution is -2.65. The first-order chi connectivity index (χ1) is 8.99. The Balaban J connectivity index is 2.25. The molecule has 0 aromatic heterocycles. The molecule has 0 aromatic rings. The number of urea groups is 1. The maximum atomic E-state index is 12.5. The zero-order chi connectivity index (χ0) is 14.0. The van der Waals surface area contributed by atoms with Gasteiger partial charge in [0.25, 0.3) is 0 Å². The summed E-state index contributed by atoms with van der Waals surface area (Å²) in [7, 11) is 0. The lowest BCUT2D eigenvalue weighted by molar-refractivity contribution is -0.147. The molecule has 1 aliphatic carbocycles. The van der Waals surface area contributed by atoms with Gasteiger partial charge >= 0.3 is 6.03 Å². The maximum absolute atomic E-state index is 12.5. The molecule has 0 spiro atoms. The number of imide groups is 2. The first-order valence-corrected chi connectivity index (χ1v) is 7.18. The van der Waals surface area contributed by atoms with Crippen molar-refractivity contribution in [2.24, 2.45) is 5.92 Å². The Bertz CT molecular complexity index is 399. The second-order valence-corrected chi connectivity index (χ2v) is 5.87. The smallest absolute Gasteiger partial charge is 0.277 e. The predicted octanol–water partition coefficient (Wildman–Crippen LogP) is 2.20. The van der Waals surface area contributed by atoms with E-state index >= 15 is 0 Å². The molecule has 1 aliphatic heterocycles. The van der Waals surface area contributed by atoms with E-state index in [2.05, 4.69) is 5.32 Å². The average Bonchev–Trinajstić information content (AvgIpc) is 2.34. The van der Waals surface area contributed by atoms with E-state index in [1.165, 1.54) is 4.90 Å². The number of barbiturate groups is 1. The van der Waals surface area contributed by atoms with E-state index < -0.39 is 23.4 Å². The largest absolute Gasteiger partial charge is 0.331 e. The van der Waals surface area contributed by atoms with E-state index in [4.69, 9.17) is 0 Å². The van der Waals surface area contributed by atoms with Gasteiger partial charge in [0, 0.05) is 5.54 Å². The van der Waals surface area contributed by atoms with Gasteiger partial charge in [-0.3, -0.25) is 19.8 Å². The standard InChI is InChI=1S/C14H22N2O3/c1-3-7-10-11(17)15-13(19)16(12(10)18)14(2)8-5-4-6-9-14/h10H,3-9H2,1-2H3,(H,15,17,19).